The number of nitrogens with one attached hydrogen (secondary N) is 11. The minimum atomic E-state index is -4.67. The molecule has 14 atom stereocenters. The second kappa shape index (κ2) is 42.6. The monoisotopic (exact) mass is 1270 g/mol. The molecule has 0 aromatic rings. The molecule has 11 amide bonds. The Morgan fingerprint density at radius 2 is 1.01 bits per heavy atom. The van der Waals surface area contributed by atoms with Gasteiger partial charge in [-0.15, -0.1) is 0 Å². The van der Waals surface area contributed by atoms with Gasteiger partial charge < -0.3 is 97.4 Å². The summed E-state index contributed by atoms with van der Waals surface area (Å²) in [7, 11) is -4.67. The molecule has 1 rings (SSSR count). The molecule has 0 saturated carbocycles. The van der Waals surface area contributed by atoms with Crippen LogP contribution in [-0.4, -0.2) is 205 Å². The second-order valence-electron chi connectivity index (χ2n) is 22.1. The fraction of sp³-hybridized carbons (Fsp3) is 0.792. The molecule has 25 N–H and O–H groups in total. The number of hydrogen-bond acceptors (Lipinski definition) is 20. The molecule has 34 heteroatoms. The van der Waals surface area contributed by atoms with Crippen molar-refractivity contribution < 1.29 is 80.5 Å². The Kier molecular flexibility index (Phi) is 39.6. The van der Waals surface area contributed by atoms with Crippen molar-refractivity contribution in [2.45, 2.75) is 211 Å². The molecular formula is C53H102N16O17S. The Bertz CT molecular complexity index is 2310. The van der Waals surface area contributed by atoms with E-state index in [-0.39, 0.29) is 83.6 Å². The fourth-order valence-corrected chi connectivity index (χ4v) is 8.73. The lowest BCUT2D eigenvalue weighted by molar-refractivity contribution is -0.137. The first-order valence-corrected chi connectivity index (χ1v) is 31.0. The molecule has 1 aliphatic heterocycles. The third-order valence-electron chi connectivity index (χ3n) is 14.1. The minimum Gasteiger partial charge on any atom is -0.391 e. The van der Waals surface area contributed by atoms with E-state index < -0.39 is 167 Å². The van der Waals surface area contributed by atoms with Crippen LogP contribution in [0.3, 0.4) is 0 Å². The lowest BCUT2D eigenvalue weighted by Gasteiger charge is -2.30. The van der Waals surface area contributed by atoms with Gasteiger partial charge in [0, 0.05) is 13.0 Å². The zero-order valence-electron chi connectivity index (χ0n) is 51.5. The number of carbonyl (C=O) groups excluding carboxylic acids is 11. The number of unbranched alkanes of at least 4 members (excludes halogenated alkanes) is 1. The normalized spacial score (nSPS) is 23.1. The lowest BCUT2D eigenvalue weighted by Crippen LogP contribution is -2.62. The van der Waals surface area contributed by atoms with Crippen LogP contribution in [0.25, 0.3) is 0 Å². The van der Waals surface area contributed by atoms with Gasteiger partial charge >= 0.3 is 10.4 Å². The van der Waals surface area contributed by atoms with Gasteiger partial charge in [-0.2, -0.15) is 8.42 Å². The summed E-state index contributed by atoms with van der Waals surface area (Å²) in [5.74, 6) is -9.84. The lowest BCUT2D eigenvalue weighted by atomic mass is 9.96. The summed E-state index contributed by atoms with van der Waals surface area (Å²) < 4.78 is 31.6. The Hall–Kier alpha value is -6.24. The van der Waals surface area contributed by atoms with Crippen LogP contribution in [0.2, 0.25) is 0 Å². The maximum absolute atomic E-state index is 14.4. The first-order valence-electron chi connectivity index (χ1n) is 29.6. The van der Waals surface area contributed by atoms with E-state index in [1.807, 2.05) is 0 Å². The summed E-state index contributed by atoms with van der Waals surface area (Å²) in [6.07, 6.45) is -0.466. The highest BCUT2D eigenvalue weighted by atomic mass is 32.3. The number of carbonyl (C=O) groups is 11. The molecule has 1 heterocycles. The van der Waals surface area contributed by atoms with Crippen LogP contribution in [0, 0.1) is 17.8 Å². The Labute approximate surface area is 509 Å². The maximum Gasteiger partial charge on any atom is 0.394 e. The van der Waals surface area contributed by atoms with E-state index in [4.69, 9.17) is 46.2 Å². The maximum atomic E-state index is 14.4. The van der Waals surface area contributed by atoms with Crippen LogP contribution >= 0.6 is 0 Å². The highest BCUT2D eigenvalue weighted by Gasteiger charge is 2.38. The molecule has 0 aromatic heterocycles. The van der Waals surface area contributed by atoms with Crippen molar-refractivity contribution in [1.29, 1.82) is 0 Å². The molecule has 0 aromatic carbocycles. The molecule has 1 saturated heterocycles. The van der Waals surface area contributed by atoms with E-state index in [1.54, 1.807) is 27.7 Å². The van der Waals surface area contributed by atoms with Gasteiger partial charge in [-0.3, -0.25) is 61.8 Å². The fourth-order valence-electron chi connectivity index (χ4n) is 8.73. The van der Waals surface area contributed by atoms with Crippen molar-refractivity contribution in [3.63, 3.8) is 0 Å². The molecule has 87 heavy (non-hydrogen) atoms. The molecule has 1 aliphatic rings. The van der Waals surface area contributed by atoms with E-state index in [1.165, 1.54) is 13.8 Å². The van der Waals surface area contributed by atoms with Gasteiger partial charge in [0.15, 0.2) is 0 Å². The van der Waals surface area contributed by atoms with E-state index in [0.29, 0.717) is 18.8 Å². The number of amides is 11. The van der Waals surface area contributed by atoms with Crippen molar-refractivity contribution in [3.05, 3.63) is 0 Å². The predicted octanol–water partition coefficient (Wildman–Crippen LogP) is -6.09. The Balaban J connectivity index is 0.0000141. The van der Waals surface area contributed by atoms with E-state index in [9.17, 15) is 63.0 Å². The first kappa shape index (κ1) is 80.8. The van der Waals surface area contributed by atoms with Crippen LogP contribution in [0.15, 0.2) is 0 Å². The van der Waals surface area contributed by atoms with E-state index >= 15 is 0 Å². The predicted molar refractivity (Wildman–Crippen MR) is 320 cm³/mol. The van der Waals surface area contributed by atoms with Crippen molar-refractivity contribution in [2.75, 3.05) is 39.3 Å². The van der Waals surface area contributed by atoms with E-state index in [2.05, 4.69) is 72.3 Å². The number of rotatable bonds is 29. The van der Waals surface area contributed by atoms with Gasteiger partial charge in [-0.1, -0.05) is 67.2 Å². The Morgan fingerprint density at radius 3 is 1.46 bits per heavy atom. The molecular weight excluding hydrogens is 1160 g/mol. The standard InChI is InChI=1S/C53H100N16O13.H2O4S/c1-9-29(5)13-11-12-14-40(72)60-33(15-21-54)47(76)69-43(32(8)71)53(82)65-35(17-23-56)45(74)64-38-20-26-59-51(80)42(31(7)70)68-49(78)37(19-25-58)61-44(73)34(16-22-55)63-50(79)39(27-28(3)4)66-52(81)41(30(6)10-2)67-48(77)36(18-24-57)62-46(38)75;1-5(2,3)4/h28-39,41-43,70-71H,9-27,54-58H2,1-8H3,(H,59,80)(H,60,72)(H,61,73)(H,62,75)(H,63,79)(H,64,74)(H,65,82)(H,66,81)(H,67,77)(H,68,78)(H,69,76);(H2,1,2,3,4)/t29?,30-,31+,32+,33-,34-,35-,36-,37-,38-,39-,41+,42-,43-;/m0./s1. The van der Waals surface area contributed by atoms with Crippen LogP contribution < -0.4 is 87.2 Å². The zero-order chi connectivity index (χ0) is 66.7. The largest absolute Gasteiger partial charge is 0.394 e. The summed E-state index contributed by atoms with van der Waals surface area (Å²) in [6.45, 7) is 12.5. The summed E-state index contributed by atoms with van der Waals surface area (Å²) in [5, 5.41) is 49.6. The van der Waals surface area contributed by atoms with Gasteiger partial charge in [0.05, 0.1) is 12.2 Å². The van der Waals surface area contributed by atoms with Crippen molar-refractivity contribution in [2.24, 2.45) is 46.4 Å². The number of hydrogen-bond donors (Lipinski definition) is 20. The van der Waals surface area contributed by atoms with Gasteiger partial charge in [0.25, 0.3) is 0 Å². The van der Waals surface area contributed by atoms with Crippen LogP contribution in [-0.2, 0) is 63.1 Å². The highest BCUT2D eigenvalue weighted by Crippen LogP contribution is 2.15. The summed E-state index contributed by atoms with van der Waals surface area (Å²) in [5.41, 5.74) is 29.2. The molecule has 0 aliphatic carbocycles. The van der Waals surface area contributed by atoms with Crippen molar-refractivity contribution >= 4 is 75.4 Å². The molecule has 0 bridgehead atoms. The van der Waals surface area contributed by atoms with Crippen LogP contribution in [0.4, 0.5) is 0 Å². The average molecular weight is 1270 g/mol. The topological polar surface area (TPSA) is 565 Å². The summed E-state index contributed by atoms with van der Waals surface area (Å²) in [6, 6.07) is -14.5. The van der Waals surface area contributed by atoms with Gasteiger partial charge in [0.2, 0.25) is 65.0 Å². The van der Waals surface area contributed by atoms with Gasteiger partial charge in [-0.05, 0) is 116 Å². The van der Waals surface area contributed by atoms with Crippen LogP contribution in [0.1, 0.15) is 139 Å². The Morgan fingerprint density at radius 1 is 0.552 bits per heavy atom. The third kappa shape index (κ3) is 32.5. The average Bonchev–Trinajstić information content (AvgIpc) is 3.66. The second-order valence-corrected chi connectivity index (χ2v) is 23.0. The molecule has 33 nitrogen and oxygen atoms in total. The number of aliphatic hydroxyl groups excluding tert-OH is 2. The number of nitrogens with two attached hydrogens (primary N) is 5. The van der Waals surface area contributed by atoms with Crippen molar-refractivity contribution in [1.82, 2.24) is 58.5 Å². The quantitative estimate of drug-likeness (QED) is 0.0245. The molecule has 0 spiro atoms. The van der Waals surface area contributed by atoms with Gasteiger partial charge in [-0.25, -0.2) is 0 Å². The SMILES string of the molecule is CCC(C)CCCCC(=O)N[C@@H](CCN)C(=O)N[C@H](C(=O)N[C@@H](CCN)C(=O)N[C@H]1CCNC(=O)[C@H]([C@@H](C)O)NC(=O)[C@H](CCN)NC(=O)[C@H](CCN)NC(=O)[C@H](CC(C)C)NC(=O)[C@@H]([C@@H](C)CC)NC(=O)[C@H](CCN)NC1=O)[C@@H](C)O.O=S(=O)(O)O. The highest BCUT2D eigenvalue weighted by molar-refractivity contribution is 7.79. The van der Waals surface area contributed by atoms with Crippen LogP contribution in [0.5, 0.6) is 0 Å². The van der Waals surface area contributed by atoms with E-state index in [0.717, 1.165) is 19.3 Å². The third-order valence-corrected chi connectivity index (χ3v) is 14.1. The van der Waals surface area contributed by atoms with Gasteiger partial charge in [0.1, 0.15) is 60.4 Å². The summed E-state index contributed by atoms with van der Waals surface area (Å²) in [4.78, 5) is 153. The first-order chi connectivity index (χ1) is 40.7. The molecule has 1 fully saturated rings. The molecule has 502 valence electrons. The zero-order valence-corrected chi connectivity index (χ0v) is 52.3. The minimum absolute atomic E-state index is 0.0131. The number of aliphatic hydroxyl groups is 2. The molecule has 1 unspecified atom stereocenters. The summed E-state index contributed by atoms with van der Waals surface area (Å²) >= 11 is 0. The van der Waals surface area contributed by atoms with Crippen molar-refractivity contribution in [3.8, 4) is 0 Å². The smallest absolute Gasteiger partial charge is 0.391 e. The molecule has 0 radical (unpaired) electrons.